The molecule has 3 rings (SSSR count). The molecule has 0 N–H and O–H groups in total. The molecule has 0 amide bonds. The molecule has 0 aliphatic heterocycles. The number of nitrogens with zero attached hydrogens (tertiary/aromatic N) is 1. The highest BCUT2D eigenvalue weighted by molar-refractivity contribution is 5.26. The Labute approximate surface area is 192 Å². The zero-order chi connectivity index (χ0) is 21.7. The van der Waals surface area contributed by atoms with Gasteiger partial charge in [-0.2, -0.15) is 5.26 Å². The van der Waals surface area contributed by atoms with E-state index in [1.807, 2.05) is 6.08 Å². The summed E-state index contributed by atoms with van der Waals surface area (Å²) in [5.41, 5.74) is 3.12. The van der Waals surface area contributed by atoms with Crippen LogP contribution in [0.15, 0.2) is 36.4 Å². The van der Waals surface area contributed by atoms with Crippen LogP contribution in [0.4, 0.5) is 0 Å². The number of nitriles is 1. The van der Waals surface area contributed by atoms with Crippen molar-refractivity contribution in [3.8, 4) is 6.07 Å². The van der Waals surface area contributed by atoms with E-state index >= 15 is 0 Å². The fourth-order valence-corrected chi connectivity index (χ4v) is 6.07. The summed E-state index contributed by atoms with van der Waals surface area (Å²) in [6, 6.07) is 11.8. The summed E-state index contributed by atoms with van der Waals surface area (Å²) in [6.45, 7) is 2.28. The molecule has 170 valence electrons. The number of allylic oxidation sites excluding steroid dienone is 2. The van der Waals surface area contributed by atoms with E-state index in [1.165, 1.54) is 102 Å². The van der Waals surface area contributed by atoms with Gasteiger partial charge in [0.15, 0.2) is 0 Å². The molecule has 2 saturated carbocycles. The van der Waals surface area contributed by atoms with Gasteiger partial charge >= 0.3 is 0 Å². The zero-order valence-electron chi connectivity index (χ0n) is 20.0. The predicted molar refractivity (Wildman–Crippen MR) is 133 cm³/mol. The van der Waals surface area contributed by atoms with Gasteiger partial charge < -0.3 is 0 Å². The lowest BCUT2D eigenvalue weighted by Gasteiger charge is -2.32. The van der Waals surface area contributed by atoms with Gasteiger partial charge in [0.1, 0.15) is 0 Å². The van der Waals surface area contributed by atoms with Crippen LogP contribution in [0.2, 0.25) is 0 Å². The zero-order valence-corrected chi connectivity index (χ0v) is 20.0. The van der Waals surface area contributed by atoms with Crippen LogP contribution in [-0.4, -0.2) is 0 Å². The molecule has 1 aromatic carbocycles. The van der Waals surface area contributed by atoms with Crippen LogP contribution >= 0.6 is 0 Å². The molecule has 0 radical (unpaired) electrons. The van der Waals surface area contributed by atoms with Crippen molar-refractivity contribution >= 4 is 0 Å². The van der Waals surface area contributed by atoms with Gasteiger partial charge in [-0.25, -0.2) is 0 Å². The molecule has 0 atom stereocenters. The summed E-state index contributed by atoms with van der Waals surface area (Å²) in [5, 5.41) is 8.58. The number of hydrogen-bond donors (Lipinski definition) is 0. The van der Waals surface area contributed by atoms with Crippen molar-refractivity contribution in [3.05, 3.63) is 47.5 Å². The average molecular weight is 420 g/mol. The Morgan fingerprint density at radius 1 is 0.806 bits per heavy atom. The first-order valence-electron chi connectivity index (χ1n) is 13.4. The Morgan fingerprint density at radius 3 is 1.97 bits per heavy atom. The summed E-state index contributed by atoms with van der Waals surface area (Å²) in [6.07, 6.45) is 25.7. The molecule has 0 aromatic heterocycles. The van der Waals surface area contributed by atoms with Crippen LogP contribution < -0.4 is 0 Å². The molecule has 2 fully saturated rings. The first kappa shape index (κ1) is 24.1. The molecule has 0 heterocycles. The lowest BCUT2D eigenvalue weighted by molar-refractivity contribution is 0.225. The van der Waals surface area contributed by atoms with E-state index in [-0.39, 0.29) is 0 Å². The van der Waals surface area contributed by atoms with Gasteiger partial charge in [0.05, 0.1) is 6.07 Å². The highest BCUT2D eigenvalue weighted by Gasteiger charge is 2.25. The summed E-state index contributed by atoms with van der Waals surface area (Å²) >= 11 is 0. The van der Waals surface area contributed by atoms with Crippen LogP contribution in [0.1, 0.15) is 120 Å². The van der Waals surface area contributed by atoms with E-state index < -0.39 is 0 Å². The van der Waals surface area contributed by atoms with Gasteiger partial charge in [-0.1, -0.05) is 88.6 Å². The third-order valence-corrected chi connectivity index (χ3v) is 8.25. The normalized spacial score (nSPS) is 26.7. The molecule has 31 heavy (non-hydrogen) atoms. The van der Waals surface area contributed by atoms with Crippen molar-refractivity contribution in [3.63, 3.8) is 0 Å². The van der Waals surface area contributed by atoms with Crippen LogP contribution in [0.25, 0.3) is 0 Å². The quantitative estimate of drug-likeness (QED) is 0.259. The second-order valence-corrected chi connectivity index (χ2v) is 10.5. The van der Waals surface area contributed by atoms with Crippen molar-refractivity contribution in [2.75, 3.05) is 0 Å². The van der Waals surface area contributed by atoms with Crippen LogP contribution in [-0.2, 0) is 6.42 Å². The molecule has 0 spiro atoms. The highest BCUT2D eigenvalue weighted by atomic mass is 14.3. The molecule has 0 bridgehead atoms. The van der Waals surface area contributed by atoms with E-state index in [1.54, 1.807) is 11.6 Å². The minimum atomic E-state index is 0.812. The third kappa shape index (κ3) is 8.48. The Bertz CT molecular complexity index is 663. The smallest absolute Gasteiger partial charge is 0.0908 e. The molecule has 0 unspecified atom stereocenters. The number of benzene rings is 1. The molecular weight excluding hydrogens is 374 g/mol. The van der Waals surface area contributed by atoms with E-state index in [9.17, 15) is 0 Å². The van der Waals surface area contributed by atoms with Crippen LogP contribution in [0, 0.1) is 29.1 Å². The average Bonchev–Trinajstić information content (AvgIpc) is 2.82. The number of unbranched alkanes of at least 4 members (excludes halogenated alkanes) is 2. The standard InChI is InChI=1S/C30H45N/c1-2-3-5-8-26-16-20-29(21-17-26)30-22-18-28(19-23-30)15-14-27-12-10-25(11-13-27)9-6-4-7-24-31/h4,7,16-17,20-21,25,27-28,30H,2-3,5-6,8-15,18-19,22-23H2,1H3/t25-,27-,28-,30-. The Morgan fingerprint density at radius 2 is 1.39 bits per heavy atom. The second-order valence-electron chi connectivity index (χ2n) is 10.5. The lowest BCUT2D eigenvalue weighted by atomic mass is 9.74. The molecule has 1 aromatic rings. The minimum absolute atomic E-state index is 0.812. The number of hydrogen-bond acceptors (Lipinski definition) is 1. The first-order chi connectivity index (χ1) is 15.3. The fourth-order valence-electron chi connectivity index (χ4n) is 6.07. The van der Waals surface area contributed by atoms with Gasteiger partial charge in [0.25, 0.3) is 0 Å². The largest absolute Gasteiger partial charge is 0.193 e. The summed E-state index contributed by atoms with van der Waals surface area (Å²) < 4.78 is 0. The molecule has 2 aliphatic carbocycles. The van der Waals surface area contributed by atoms with Gasteiger partial charge in [-0.3, -0.25) is 0 Å². The lowest BCUT2D eigenvalue weighted by Crippen LogP contribution is -2.17. The monoisotopic (exact) mass is 419 g/mol. The van der Waals surface area contributed by atoms with Crippen molar-refractivity contribution in [1.82, 2.24) is 0 Å². The van der Waals surface area contributed by atoms with Crippen molar-refractivity contribution in [2.24, 2.45) is 17.8 Å². The summed E-state index contributed by atoms with van der Waals surface area (Å²) in [4.78, 5) is 0. The van der Waals surface area contributed by atoms with E-state index in [4.69, 9.17) is 5.26 Å². The molecule has 2 aliphatic rings. The number of rotatable bonds is 11. The molecule has 1 nitrogen and oxygen atoms in total. The Hall–Kier alpha value is -1.55. The third-order valence-electron chi connectivity index (χ3n) is 8.25. The van der Waals surface area contributed by atoms with E-state index in [0.717, 1.165) is 30.1 Å². The predicted octanol–water partition coefficient (Wildman–Crippen LogP) is 9.14. The maximum Gasteiger partial charge on any atom is 0.0908 e. The fraction of sp³-hybridized carbons (Fsp3) is 0.700. The van der Waals surface area contributed by atoms with Crippen molar-refractivity contribution in [1.29, 1.82) is 5.26 Å². The minimum Gasteiger partial charge on any atom is -0.193 e. The maximum atomic E-state index is 8.58. The van der Waals surface area contributed by atoms with Gasteiger partial charge in [-0.15, -0.1) is 0 Å². The molecular formula is C30H45N. The first-order valence-corrected chi connectivity index (χ1v) is 13.4. The second kappa shape index (κ2) is 13.8. The SMILES string of the molecule is CCCCCc1ccc([C@H]2CC[C@H](CC[C@H]3CC[C@H](CCC=CC#N)CC3)CC2)cc1. The maximum absolute atomic E-state index is 8.58. The highest BCUT2D eigenvalue weighted by Crippen LogP contribution is 2.40. The topological polar surface area (TPSA) is 23.8 Å². The summed E-state index contributed by atoms with van der Waals surface area (Å²) in [7, 11) is 0. The summed E-state index contributed by atoms with van der Waals surface area (Å²) in [5.74, 6) is 3.70. The molecule has 1 heteroatoms. The van der Waals surface area contributed by atoms with Crippen molar-refractivity contribution < 1.29 is 0 Å². The van der Waals surface area contributed by atoms with Crippen molar-refractivity contribution in [2.45, 2.75) is 116 Å². The Balaban J connectivity index is 1.29. The number of aryl methyl sites for hydroxylation is 1. The van der Waals surface area contributed by atoms with E-state index in [0.29, 0.717) is 0 Å². The van der Waals surface area contributed by atoms with Crippen LogP contribution in [0.3, 0.4) is 0 Å². The Kier molecular flexibility index (Phi) is 10.7. The van der Waals surface area contributed by atoms with Gasteiger partial charge in [0.2, 0.25) is 0 Å². The van der Waals surface area contributed by atoms with Crippen LogP contribution in [0.5, 0.6) is 0 Å². The van der Waals surface area contributed by atoms with Gasteiger partial charge in [-0.05, 0) is 86.2 Å². The van der Waals surface area contributed by atoms with Gasteiger partial charge in [0, 0.05) is 6.08 Å². The molecule has 0 saturated heterocycles. The van der Waals surface area contributed by atoms with E-state index in [2.05, 4.69) is 37.3 Å².